The van der Waals surface area contributed by atoms with Crippen LogP contribution < -0.4 is 5.32 Å². The molecule has 2 rings (SSSR count). The third-order valence-corrected chi connectivity index (χ3v) is 2.72. The van der Waals surface area contributed by atoms with Crippen LogP contribution in [0.2, 0.25) is 0 Å². The van der Waals surface area contributed by atoms with E-state index >= 15 is 0 Å². The van der Waals surface area contributed by atoms with Gasteiger partial charge >= 0.3 is 0 Å². The Morgan fingerprint density at radius 1 is 1.22 bits per heavy atom. The highest BCUT2D eigenvalue weighted by atomic mass is 16.2. The lowest BCUT2D eigenvalue weighted by atomic mass is 9.87. The maximum Gasteiger partial charge on any atom is 0.291 e. The van der Waals surface area contributed by atoms with Gasteiger partial charge in [-0.25, -0.2) is 4.98 Å². The quantitative estimate of drug-likeness (QED) is 0.852. The van der Waals surface area contributed by atoms with Crippen molar-refractivity contribution in [2.75, 3.05) is 5.32 Å². The average Bonchev–Trinajstić information content (AvgIpc) is 2.82. The third-order valence-electron chi connectivity index (χ3n) is 2.72. The maximum atomic E-state index is 11.8. The molecule has 0 aliphatic carbocycles. The van der Waals surface area contributed by atoms with Gasteiger partial charge in [0, 0.05) is 18.1 Å². The van der Waals surface area contributed by atoms with Crippen molar-refractivity contribution in [2.45, 2.75) is 26.2 Å². The molecule has 1 heterocycles. The van der Waals surface area contributed by atoms with Gasteiger partial charge in [0.1, 0.15) is 0 Å². The Morgan fingerprint density at radius 2 is 1.89 bits per heavy atom. The molecule has 0 aliphatic rings. The van der Waals surface area contributed by atoms with Gasteiger partial charge in [-0.3, -0.25) is 4.79 Å². The van der Waals surface area contributed by atoms with E-state index in [9.17, 15) is 4.79 Å². The lowest BCUT2D eigenvalue weighted by molar-refractivity contribution is 0.101. The number of hydrogen-bond acceptors (Lipinski definition) is 2. The molecule has 4 heteroatoms. The van der Waals surface area contributed by atoms with E-state index in [0.29, 0.717) is 5.82 Å². The van der Waals surface area contributed by atoms with E-state index in [2.05, 4.69) is 36.1 Å². The Labute approximate surface area is 106 Å². The van der Waals surface area contributed by atoms with Crippen molar-refractivity contribution < 1.29 is 4.79 Å². The number of H-pyrrole nitrogens is 1. The molecule has 0 bridgehead atoms. The molecule has 2 N–H and O–H groups in total. The molecule has 1 aromatic heterocycles. The summed E-state index contributed by atoms with van der Waals surface area (Å²) in [6.07, 6.45) is 3.18. The third kappa shape index (κ3) is 2.77. The van der Waals surface area contributed by atoms with Gasteiger partial charge in [0.25, 0.3) is 5.91 Å². The maximum absolute atomic E-state index is 11.8. The number of nitrogens with one attached hydrogen (secondary N) is 2. The highest BCUT2D eigenvalue weighted by molar-refractivity contribution is 6.01. The van der Waals surface area contributed by atoms with Gasteiger partial charge in [0.2, 0.25) is 0 Å². The molecule has 0 unspecified atom stereocenters. The average molecular weight is 243 g/mol. The largest absolute Gasteiger partial charge is 0.341 e. The lowest BCUT2D eigenvalue weighted by Gasteiger charge is -2.19. The summed E-state index contributed by atoms with van der Waals surface area (Å²) >= 11 is 0. The number of imidazole rings is 1. The van der Waals surface area contributed by atoms with Crippen LogP contribution in [-0.4, -0.2) is 15.9 Å². The molecular formula is C14H17N3O. The first kappa shape index (κ1) is 12.4. The van der Waals surface area contributed by atoms with Gasteiger partial charge in [-0.2, -0.15) is 0 Å². The number of carbonyl (C=O) groups excluding carboxylic acids is 1. The molecule has 0 spiro atoms. The van der Waals surface area contributed by atoms with Gasteiger partial charge in [0.15, 0.2) is 5.82 Å². The number of benzene rings is 1. The highest BCUT2D eigenvalue weighted by Gasteiger charge is 2.13. The van der Waals surface area contributed by atoms with Crippen LogP contribution in [0.15, 0.2) is 36.7 Å². The van der Waals surface area contributed by atoms with E-state index in [1.165, 1.54) is 5.56 Å². The number of nitrogens with zero attached hydrogens (tertiary/aromatic N) is 1. The molecular weight excluding hydrogens is 226 g/mol. The Balaban J connectivity index is 2.09. The Hall–Kier alpha value is -2.10. The van der Waals surface area contributed by atoms with Crippen LogP contribution in [0.4, 0.5) is 5.69 Å². The lowest BCUT2D eigenvalue weighted by Crippen LogP contribution is -2.14. The first-order chi connectivity index (χ1) is 8.47. The van der Waals surface area contributed by atoms with Crippen molar-refractivity contribution in [3.05, 3.63) is 48.0 Å². The second kappa shape index (κ2) is 4.64. The van der Waals surface area contributed by atoms with Crippen molar-refractivity contribution in [1.29, 1.82) is 0 Å². The first-order valence-corrected chi connectivity index (χ1v) is 5.88. The zero-order chi connectivity index (χ0) is 13.2. The fourth-order valence-electron chi connectivity index (χ4n) is 1.63. The zero-order valence-corrected chi connectivity index (χ0v) is 10.8. The Morgan fingerprint density at radius 3 is 2.39 bits per heavy atom. The number of aromatic amines is 1. The minimum Gasteiger partial charge on any atom is -0.341 e. The summed E-state index contributed by atoms with van der Waals surface area (Å²) in [7, 11) is 0. The molecule has 0 saturated carbocycles. The van der Waals surface area contributed by atoms with E-state index < -0.39 is 0 Å². The molecule has 4 nitrogen and oxygen atoms in total. The van der Waals surface area contributed by atoms with E-state index in [4.69, 9.17) is 0 Å². The molecule has 18 heavy (non-hydrogen) atoms. The fourth-order valence-corrected chi connectivity index (χ4v) is 1.63. The van der Waals surface area contributed by atoms with Crippen LogP contribution in [0.5, 0.6) is 0 Å². The number of carbonyl (C=O) groups is 1. The fraction of sp³-hybridized carbons (Fsp3) is 0.286. The van der Waals surface area contributed by atoms with Crippen LogP contribution in [0.1, 0.15) is 37.0 Å². The monoisotopic (exact) mass is 243 g/mol. The number of amides is 1. The van der Waals surface area contributed by atoms with E-state index in [-0.39, 0.29) is 11.3 Å². The molecule has 0 fully saturated rings. The van der Waals surface area contributed by atoms with Crippen LogP contribution in [-0.2, 0) is 5.41 Å². The Bertz CT molecular complexity index is 521. The van der Waals surface area contributed by atoms with Gasteiger partial charge in [-0.15, -0.1) is 0 Å². The van der Waals surface area contributed by atoms with Crippen LogP contribution in [0.3, 0.4) is 0 Å². The van der Waals surface area contributed by atoms with Crippen molar-refractivity contribution >= 4 is 11.6 Å². The second-order valence-corrected chi connectivity index (χ2v) is 5.22. The van der Waals surface area contributed by atoms with Crippen molar-refractivity contribution in [2.24, 2.45) is 0 Å². The topological polar surface area (TPSA) is 57.8 Å². The number of anilines is 1. The molecule has 0 atom stereocenters. The summed E-state index contributed by atoms with van der Waals surface area (Å²) in [5, 5.41) is 2.79. The molecule has 1 aromatic carbocycles. The molecule has 0 saturated heterocycles. The minimum atomic E-state index is -0.233. The second-order valence-electron chi connectivity index (χ2n) is 5.22. The first-order valence-electron chi connectivity index (χ1n) is 5.88. The summed E-state index contributed by atoms with van der Waals surface area (Å²) in [4.78, 5) is 18.4. The number of aromatic nitrogens is 2. The van der Waals surface area contributed by atoms with Crippen LogP contribution >= 0.6 is 0 Å². The molecule has 0 radical (unpaired) electrons. The summed E-state index contributed by atoms with van der Waals surface area (Å²) < 4.78 is 0. The number of hydrogen-bond donors (Lipinski definition) is 2. The van der Waals surface area contributed by atoms with Gasteiger partial charge < -0.3 is 10.3 Å². The SMILES string of the molecule is CC(C)(C)c1ccc(NC(=O)c2ncc[nH]2)cc1. The summed E-state index contributed by atoms with van der Waals surface area (Å²) in [6, 6.07) is 7.86. The number of rotatable bonds is 2. The van der Waals surface area contributed by atoms with Crippen LogP contribution in [0.25, 0.3) is 0 Å². The van der Waals surface area contributed by atoms with Crippen LogP contribution in [0, 0.1) is 0 Å². The van der Waals surface area contributed by atoms with E-state index in [0.717, 1.165) is 5.69 Å². The highest BCUT2D eigenvalue weighted by Crippen LogP contribution is 2.23. The van der Waals surface area contributed by atoms with Gasteiger partial charge in [0.05, 0.1) is 0 Å². The molecule has 94 valence electrons. The van der Waals surface area contributed by atoms with Gasteiger partial charge in [-0.05, 0) is 23.1 Å². The van der Waals surface area contributed by atoms with E-state index in [1.807, 2.05) is 24.3 Å². The summed E-state index contributed by atoms with van der Waals surface area (Å²) in [5.74, 6) is 0.0819. The predicted octanol–water partition coefficient (Wildman–Crippen LogP) is 2.96. The summed E-state index contributed by atoms with van der Waals surface area (Å²) in [5.41, 5.74) is 2.12. The van der Waals surface area contributed by atoms with E-state index in [1.54, 1.807) is 12.4 Å². The minimum absolute atomic E-state index is 0.115. The van der Waals surface area contributed by atoms with Crippen molar-refractivity contribution in [3.8, 4) is 0 Å². The van der Waals surface area contributed by atoms with Crippen molar-refractivity contribution in [1.82, 2.24) is 9.97 Å². The molecule has 0 aliphatic heterocycles. The smallest absolute Gasteiger partial charge is 0.291 e. The zero-order valence-electron chi connectivity index (χ0n) is 10.8. The standard InChI is InChI=1S/C14H17N3O/c1-14(2,3)10-4-6-11(7-5-10)17-13(18)12-15-8-9-16-12/h4-9H,1-3H3,(H,15,16)(H,17,18). The molecule has 2 aromatic rings. The van der Waals surface area contributed by atoms with Gasteiger partial charge in [-0.1, -0.05) is 32.9 Å². The molecule has 1 amide bonds. The summed E-state index contributed by atoms with van der Waals surface area (Å²) in [6.45, 7) is 6.47. The normalized spacial score (nSPS) is 11.3. The van der Waals surface area contributed by atoms with Crippen molar-refractivity contribution in [3.63, 3.8) is 0 Å². The Kier molecular flexibility index (Phi) is 3.19. The predicted molar refractivity (Wildman–Crippen MR) is 71.7 cm³/mol.